The number of ether oxygens (including phenoxy) is 1. The zero-order valence-corrected chi connectivity index (χ0v) is 38.8. The van der Waals surface area contributed by atoms with Gasteiger partial charge in [-0.3, -0.25) is 9.59 Å². The highest BCUT2D eigenvalue weighted by atomic mass is 16.5. The molecule has 2 atom stereocenters. The molecule has 0 aromatic carbocycles. The third-order valence-corrected chi connectivity index (χ3v) is 11.8. The van der Waals surface area contributed by atoms with Crippen molar-refractivity contribution in [3.8, 4) is 0 Å². The highest BCUT2D eigenvalue weighted by Crippen LogP contribution is 2.16. The number of hydrogen-bond acceptors (Lipinski definition) is 5. The maximum Gasteiger partial charge on any atom is 0.305 e. The molecule has 0 aromatic heterocycles. The fourth-order valence-corrected chi connectivity index (χ4v) is 7.81. The van der Waals surface area contributed by atoms with Crippen LogP contribution in [0.25, 0.3) is 0 Å². The van der Waals surface area contributed by atoms with Gasteiger partial charge in [-0.2, -0.15) is 0 Å². The number of amides is 1. The average molecular weight is 818 g/mol. The molecule has 0 heterocycles. The standard InChI is InChI=1S/C52H99NO5/c1-3-5-7-9-11-13-14-15-16-17-18-19-20-23-26-30-34-38-42-46-52(57)58-47-43-39-35-31-27-24-21-22-25-29-33-37-41-45-51(56)53-49(48-54)50(55)44-40-36-32-28-12-10-8-6-4-2/h22,25,33,37,49-50,54-55H,3-21,23-24,26-32,34-36,38-48H2,1-2H3,(H,53,56)/b25-22-,37-33-. The molecule has 58 heavy (non-hydrogen) atoms. The molecule has 1 amide bonds. The molecule has 0 aliphatic carbocycles. The van der Waals surface area contributed by atoms with Gasteiger partial charge in [-0.15, -0.1) is 0 Å². The predicted molar refractivity (Wildman–Crippen MR) is 250 cm³/mol. The SMILES string of the molecule is CCCCCCCCCCCCCCCCCCCCCC(=O)OCCCCCCCC/C=C\C/C=C\CCC(=O)NC(CO)C(O)CCCCCCCCCCC. The topological polar surface area (TPSA) is 95.9 Å². The first-order chi connectivity index (χ1) is 28.5. The molecule has 0 saturated carbocycles. The molecule has 6 nitrogen and oxygen atoms in total. The van der Waals surface area contributed by atoms with Crippen molar-refractivity contribution in [2.24, 2.45) is 0 Å². The van der Waals surface area contributed by atoms with E-state index in [9.17, 15) is 19.8 Å². The fraction of sp³-hybridized carbons (Fsp3) is 0.885. The molecule has 0 spiro atoms. The number of carbonyl (C=O) groups excluding carboxylic acids is 2. The lowest BCUT2D eigenvalue weighted by Crippen LogP contribution is -2.45. The van der Waals surface area contributed by atoms with Crippen molar-refractivity contribution in [1.82, 2.24) is 5.32 Å². The summed E-state index contributed by atoms with van der Waals surface area (Å²) in [6.45, 7) is 4.87. The van der Waals surface area contributed by atoms with E-state index in [0.717, 1.165) is 51.4 Å². The Hall–Kier alpha value is -1.66. The van der Waals surface area contributed by atoms with Crippen molar-refractivity contribution in [3.63, 3.8) is 0 Å². The Morgan fingerprint density at radius 3 is 1.34 bits per heavy atom. The van der Waals surface area contributed by atoms with Crippen LogP contribution in [0.4, 0.5) is 0 Å². The number of carbonyl (C=O) groups is 2. The average Bonchev–Trinajstić information content (AvgIpc) is 3.22. The summed E-state index contributed by atoms with van der Waals surface area (Å²) < 4.78 is 5.46. The molecule has 6 heteroatoms. The van der Waals surface area contributed by atoms with Crippen molar-refractivity contribution < 1.29 is 24.5 Å². The molecule has 0 aromatic rings. The van der Waals surface area contributed by atoms with Crippen LogP contribution in [0.3, 0.4) is 0 Å². The van der Waals surface area contributed by atoms with E-state index < -0.39 is 12.1 Å². The van der Waals surface area contributed by atoms with Gasteiger partial charge in [-0.05, 0) is 44.9 Å². The molecule has 0 saturated heterocycles. The first-order valence-electron chi connectivity index (χ1n) is 25.6. The Kier molecular flexibility index (Phi) is 46.6. The molecule has 2 unspecified atom stereocenters. The lowest BCUT2D eigenvalue weighted by Gasteiger charge is -2.22. The van der Waals surface area contributed by atoms with Gasteiger partial charge in [0.1, 0.15) is 0 Å². The minimum atomic E-state index is -0.696. The number of rotatable bonds is 47. The number of allylic oxidation sites excluding steroid dienone is 4. The molecule has 0 radical (unpaired) electrons. The number of unbranched alkanes of at least 4 members (excludes halogenated alkanes) is 32. The van der Waals surface area contributed by atoms with Crippen LogP contribution in [0.1, 0.15) is 271 Å². The zero-order valence-electron chi connectivity index (χ0n) is 38.8. The summed E-state index contributed by atoms with van der Waals surface area (Å²) in [4.78, 5) is 24.4. The van der Waals surface area contributed by atoms with Gasteiger partial charge >= 0.3 is 5.97 Å². The Morgan fingerprint density at radius 2 is 0.879 bits per heavy atom. The molecular formula is C52H99NO5. The molecular weight excluding hydrogens is 719 g/mol. The summed E-state index contributed by atoms with van der Waals surface area (Å²) in [5.41, 5.74) is 0. The van der Waals surface area contributed by atoms with E-state index in [-0.39, 0.29) is 18.5 Å². The second-order valence-corrected chi connectivity index (χ2v) is 17.5. The summed E-state index contributed by atoms with van der Waals surface area (Å²) in [6.07, 6.45) is 56.0. The molecule has 0 aliphatic heterocycles. The maximum absolute atomic E-state index is 12.3. The van der Waals surface area contributed by atoms with Gasteiger partial charge in [0.25, 0.3) is 0 Å². The zero-order chi connectivity index (χ0) is 42.3. The van der Waals surface area contributed by atoms with E-state index in [4.69, 9.17) is 4.74 Å². The minimum absolute atomic E-state index is 0.0129. The molecule has 0 fully saturated rings. The van der Waals surface area contributed by atoms with Gasteiger partial charge in [0.2, 0.25) is 5.91 Å². The molecule has 3 N–H and O–H groups in total. The lowest BCUT2D eigenvalue weighted by atomic mass is 10.0. The largest absolute Gasteiger partial charge is 0.466 e. The van der Waals surface area contributed by atoms with E-state index >= 15 is 0 Å². The van der Waals surface area contributed by atoms with E-state index in [1.54, 1.807) is 0 Å². The first-order valence-corrected chi connectivity index (χ1v) is 25.6. The van der Waals surface area contributed by atoms with Crippen molar-refractivity contribution in [2.75, 3.05) is 13.2 Å². The van der Waals surface area contributed by atoms with Crippen molar-refractivity contribution in [1.29, 1.82) is 0 Å². The van der Waals surface area contributed by atoms with Crippen molar-refractivity contribution in [3.05, 3.63) is 24.3 Å². The van der Waals surface area contributed by atoms with Gasteiger partial charge in [0, 0.05) is 12.8 Å². The summed E-state index contributed by atoms with van der Waals surface area (Å²) in [7, 11) is 0. The van der Waals surface area contributed by atoms with Crippen LogP contribution in [0.5, 0.6) is 0 Å². The van der Waals surface area contributed by atoms with Crippen LogP contribution in [-0.2, 0) is 14.3 Å². The quantitative estimate of drug-likeness (QED) is 0.0323. The third-order valence-electron chi connectivity index (χ3n) is 11.8. The predicted octanol–water partition coefficient (Wildman–Crippen LogP) is 15.1. The van der Waals surface area contributed by atoms with Crippen LogP contribution in [0.2, 0.25) is 0 Å². The lowest BCUT2D eigenvalue weighted by molar-refractivity contribution is -0.143. The Balaban J connectivity index is 3.48. The van der Waals surface area contributed by atoms with Gasteiger partial charge in [0.05, 0.1) is 25.4 Å². The monoisotopic (exact) mass is 818 g/mol. The summed E-state index contributed by atoms with van der Waals surface area (Å²) in [5, 5.41) is 23.0. The van der Waals surface area contributed by atoms with E-state index in [0.29, 0.717) is 32.3 Å². The highest BCUT2D eigenvalue weighted by Gasteiger charge is 2.19. The Bertz CT molecular complexity index is 904. The molecule has 0 rings (SSSR count). The van der Waals surface area contributed by atoms with Gasteiger partial charge in [-0.25, -0.2) is 0 Å². The van der Waals surface area contributed by atoms with E-state index in [2.05, 4.69) is 37.4 Å². The Labute approximate surface area is 361 Å². The van der Waals surface area contributed by atoms with Crippen LogP contribution in [0.15, 0.2) is 24.3 Å². The number of nitrogens with one attached hydrogen (secondary N) is 1. The number of hydrogen-bond donors (Lipinski definition) is 3. The van der Waals surface area contributed by atoms with Crippen molar-refractivity contribution >= 4 is 11.9 Å². The summed E-state index contributed by atoms with van der Waals surface area (Å²) >= 11 is 0. The van der Waals surface area contributed by atoms with E-state index in [1.807, 2.05) is 6.08 Å². The van der Waals surface area contributed by atoms with Crippen LogP contribution in [0, 0.1) is 0 Å². The van der Waals surface area contributed by atoms with E-state index in [1.165, 1.54) is 180 Å². The molecule has 342 valence electrons. The van der Waals surface area contributed by atoms with Gasteiger partial charge < -0.3 is 20.3 Å². The van der Waals surface area contributed by atoms with Crippen molar-refractivity contribution in [2.45, 2.75) is 283 Å². The second kappa shape index (κ2) is 48.0. The number of esters is 1. The second-order valence-electron chi connectivity index (χ2n) is 17.5. The first kappa shape index (κ1) is 56.3. The van der Waals surface area contributed by atoms with Gasteiger partial charge in [-0.1, -0.05) is 237 Å². The molecule has 0 bridgehead atoms. The molecule has 0 aliphatic rings. The normalized spacial score (nSPS) is 12.8. The third kappa shape index (κ3) is 43.9. The van der Waals surface area contributed by atoms with Crippen LogP contribution < -0.4 is 5.32 Å². The van der Waals surface area contributed by atoms with Gasteiger partial charge in [0.15, 0.2) is 0 Å². The maximum atomic E-state index is 12.3. The summed E-state index contributed by atoms with van der Waals surface area (Å²) in [6, 6.07) is -0.582. The summed E-state index contributed by atoms with van der Waals surface area (Å²) in [5.74, 6) is -0.131. The minimum Gasteiger partial charge on any atom is -0.466 e. The smallest absolute Gasteiger partial charge is 0.305 e. The van der Waals surface area contributed by atoms with Crippen LogP contribution >= 0.6 is 0 Å². The van der Waals surface area contributed by atoms with Crippen LogP contribution in [-0.4, -0.2) is 47.4 Å². The number of aliphatic hydroxyl groups is 2. The Morgan fingerprint density at radius 1 is 0.483 bits per heavy atom. The fourth-order valence-electron chi connectivity index (χ4n) is 7.81. The number of aliphatic hydroxyl groups excluding tert-OH is 2. The highest BCUT2D eigenvalue weighted by molar-refractivity contribution is 5.76.